The van der Waals surface area contributed by atoms with Gasteiger partial charge < -0.3 is 4.98 Å². The van der Waals surface area contributed by atoms with Crippen LogP contribution in [-0.4, -0.2) is 51.4 Å². The van der Waals surface area contributed by atoms with E-state index < -0.39 is 10.0 Å². The first-order chi connectivity index (χ1) is 17.4. The van der Waals surface area contributed by atoms with Crippen LogP contribution in [0, 0.1) is 0 Å². The third kappa shape index (κ3) is 3.48. The first-order valence-electron chi connectivity index (χ1n) is 11.3. The van der Waals surface area contributed by atoms with Crippen molar-refractivity contribution in [1.29, 1.82) is 0 Å². The Bertz CT molecular complexity index is 1840. The quantitative estimate of drug-likeness (QED) is 0.369. The summed E-state index contributed by atoms with van der Waals surface area (Å²) in [7, 11) is -0.544. The van der Waals surface area contributed by atoms with E-state index in [-0.39, 0.29) is 4.90 Å². The van der Waals surface area contributed by atoms with Crippen molar-refractivity contribution in [3.8, 4) is 33.6 Å². The van der Waals surface area contributed by atoms with E-state index in [2.05, 4.69) is 16.0 Å². The molecule has 0 amide bonds. The highest BCUT2D eigenvalue weighted by Crippen LogP contribution is 2.39. The van der Waals surface area contributed by atoms with Gasteiger partial charge >= 0.3 is 0 Å². The van der Waals surface area contributed by atoms with Crippen molar-refractivity contribution in [2.75, 3.05) is 14.1 Å². The number of nitrogens with one attached hydrogen (secondary N) is 1. The van der Waals surface area contributed by atoms with E-state index in [9.17, 15) is 8.42 Å². The van der Waals surface area contributed by atoms with Crippen molar-refractivity contribution < 1.29 is 8.42 Å². The van der Waals surface area contributed by atoms with Crippen molar-refractivity contribution in [2.24, 2.45) is 0 Å². The fraction of sp³-hybridized carbons (Fsp3) is 0.0741. The molecule has 36 heavy (non-hydrogen) atoms. The van der Waals surface area contributed by atoms with Crippen molar-refractivity contribution in [2.45, 2.75) is 4.90 Å². The molecule has 4 heterocycles. The third-order valence-electron chi connectivity index (χ3n) is 6.24. The van der Waals surface area contributed by atoms with Crippen LogP contribution >= 0.6 is 0 Å². The summed E-state index contributed by atoms with van der Waals surface area (Å²) in [6.45, 7) is 0. The van der Waals surface area contributed by atoms with Crippen LogP contribution in [0.15, 0.2) is 96.4 Å². The van der Waals surface area contributed by atoms with Gasteiger partial charge in [0.05, 0.1) is 16.2 Å². The largest absolute Gasteiger partial charge is 0.361 e. The van der Waals surface area contributed by atoms with Crippen LogP contribution < -0.4 is 0 Å². The Balaban J connectivity index is 1.66. The summed E-state index contributed by atoms with van der Waals surface area (Å²) in [5.74, 6) is 0. The van der Waals surface area contributed by atoms with Crippen molar-refractivity contribution in [3.63, 3.8) is 0 Å². The first-order valence-corrected chi connectivity index (χ1v) is 12.8. The minimum absolute atomic E-state index is 0.216. The highest BCUT2D eigenvalue weighted by molar-refractivity contribution is 7.89. The molecule has 2 aromatic carbocycles. The summed E-state index contributed by atoms with van der Waals surface area (Å²) in [6, 6.07) is 20.7. The van der Waals surface area contributed by atoms with E-state index in [1.165, 1.54) is 18.4 Å². The zero-order valence-electron chi connectivity index (χ0n) is 19.6. The van der Waals surface area contributed by atoms with Gasteiger partial charge in [0.1, 0.15) is 5.69 Å². The van der Waals surface area contributed by atoms with E-state index in [0.717, 1.165) is 44.5 Å². The van der Waals surface area contributed by atoms with E-state index in [1.807, 2.05) is 48.7 Å². The van der Waals surface area contributed by atoms with Crippen LogP contribution in [0.25, 0.3) is 50.2 Å². The average molecular weight is 495 g/mol. The van der Waals surface area contributed by atoms with E-state index in [1.54, 1.807) is 41.3 Å². The highest BCUT2D eigenvalue weighted by atomic mass is 32.2. The molecule has 0 atom stereocenters. The number of rotatable bonds is 5. The van der Waals surface area contributed by atoms with Gasteiger partial charge in [-0.25, -0.2) is 22.2 Å². The molecular weight excluding hydrogens is 472 g/mol. The number of nitrogens with zero attached hydrogens (tertiary/aromatic N) is 5. The lowest BCUT2D eigenvalue weighted by Crippen LogP contribution is -2.22. The average Bonchev–Trinajstić information content (AvgIpc) is 3.54. The number of benzene rings is 2. The van der Waals surface area contributed by atoms with E-state index >= 15 is 0 Å². The molecule has 0 aliphatic rings. The fourth-order valence-electron chi connectivity index (χ4n) is 4.45. The second kappa shape index (κ2) is 8.40. The van der Waals surface area contributed by atoms with Gasteiger partial charge in [-0.15, -0.1) is 0 Å². The molecule has 0 bridgehead atoms. The number of hydrogen-bond acceptors (Lipinski definition) is 5. The fourth-order valence-corrected chi connectivity index (χ4v) is 5.40. The molecule has 4 aromatic heterocycles. The van der Waals surface area contributed by atoms with Gasteiger partial charge in [0.25, 0.3) is 0 Å². The highest BCUT2D eigenvalue weighted by Gasteiger charge is 2.22. The summed E-state index contributed by atoms with van der Waals surface area (Å²) < 4.78 is 28.6. The Hall–Kier alpha value is -4.34. The molecule has 8 nitrogen and oxygen atoms in total. The molecule has 0 unspecified atom stereocenters. The Morgan fingerprint density at radius 2 is 1.69 bits per heavy atom. The monoisotopic (exact) mass is 494 g/mol. The van der Waals surface area contributed by atoms with Gasteiger partial charge in [0.2, 0.25) is 10.0 Å². The van der Waals surface area contributed by atoms with Gasteiger partial charge in [-0.3, -0.25) is 4.98 Å². The zero-order chi connectivity index (χ0) is 24.9. The zero-order valence-corrected chi connectivity index (χ0v) is 20.4. The SMILES string of the molecule is CN(C)S(=O)(=O)c1cccc(-c2ccnc3c(-c4cccc5[nH]ccc45)c(-c4ccncc4)nn23)c1. The third-order valence-corrected chi connectivity index (χ3v) is 8.06. The normalized spacial score (nSPS) is 12.1. The Kier molecular flexibility index (Phi) is 5.17. The molecule has 0 spiro atoms. The van der Waals surface area contributed by atoms with Gasteiger partial charge in [-0.05, 0) is 48.0 Å². The molecule has 9 heteroatoms. The van der Waals surface area contributed by atoms with Crippen LogP contribution in [0.1, 0.15) is 0 Å². The number of H-pyrrole nitrogens is 1. The van der Waals surface area contributed by atoms with Crippen LogP contribution in [0.3, 0.4) is 0 Å². The molecule has 0 saturated heterocycles. The van der Waals surface area contributed by atoms with Crippen LogP contribution in [0.2, 0.25) is 0 Å². The number of hydrogen-bond donors (Lipinski definition) is 1. The minimum atomic E-state index is -3.59. The van der Waals surface area contributed by atoms with Gasteiger partial charge in [-0.2, -0.15) is 5.10 Å². The Labute approximate surface area is 207 Å². The Morgan fingerprint density at radius 1 is 0.889 bits per heavy atom. The van der Waals surface area contributed by atoms with Gasteiger partial charge in [-0.1, -0.05) is 24.3 Å². The van der Waals surface area contributed by atoms with E-state index in [0.29, 0.717) is 5.65 Å². The molecule has 6 aromatic rings. The van der Waals surface area contributed by atoms with Crippen molar-refractivity contribution in [1.82, 2.24) is 28.9 Å². The maximum atomic E-state index is 12.8. The molecule has 178 valence electrons. The predicted octanol–water partition coefficient (Wildman–Crippen LogP) is 4.86. The lowest BCUT2D eigenvalue weighted by atomic mass is 9.98. The van der Waals surface area contributed by atoms with Gasteiger partial charge in [0.15, 0.2) is 5.65 Å². The molecule has 6 rings (SSSR count). The second-order valence-electron chi connectivity index (χ2n) is 8.58. The standard InChI is InChI=1S/C27H22N6O2S/c1-32(2)36(34,35)20-6-3-5-19(17-20)24-12-16-30-27-25(22-7-4-8-23-21(22)11-15-29-23)26(31-33(24)27)18-9-13-28-14-10-18/h3-17,29H,1-2H3. The summed E-state index contributed by atoms with van der Waals surface area (Å²) in [5, 5.41) is 6.07. The van der Waals surface area contributed by atoms with Crippen molar-refractivity contribution >= 4 is 26.6 Å². The number of fused-ring (bicyclic) bond motifs is 2. The Morgan fingerprint density at radius 3 is 2.50 bits per heavy atom. The molecule has 0 fully saturated rings. The van der Waals surface area contributed by atoms with E-state index in [4.69, 9.17) is 10.1 Å². The minimum Gasteiger partial charge on any atom is -0.361 e. The summed E-state index contributed by atoms with van der Waals surface area (Å²) >= 11 is 0. The lowest BCUT2D eigenvalue weighted by Gasteiger charge is -2.12. The van der Waals surface area contributed by atoms with Gasteiger partial charge in [0, 0.05) is 60.9 Å². The first kappa shape index (κ1) is 22.1. The van der Waals surface area contributed by atoms with Crippen LogP contribution in [0.4, 0.5) is 0 Å². The summed E-state index contributed by atoms with van der Waals surface area (Å²) in [5.41, 5.74) is 6.73. The van der Waals surface area contributed by atoms with Crippen LogP contribution in [0.5, 0.6) is 0 Å². The van der Waals surface area contributed by atoms with Crippen LogP contribution in [-0.2, 0) is 10.0 Å². The maximum absolute atomic E-state index is 12.8. The summed E-state index contributed by atoms with van der Waals surface area (Å²) in [4.78, 5) is 12.4. The summed E-state index contributed by atoms with van der Waals surface area (Å²) in [6.07, 6.45) is 7.13. The molecular formula is C27H22N6O2S. The number of sulfonamides is 1. The smallest absolute Gasteiger partial charge is 0.242 e. The maximum Gasteiger partial charge on any atom is 0.242 e. The number of aromatic amines is 1. The lowest BCUT2D eigenvalue weighted by molar-refractivity contribution is 0.521. The predicted molar refractivity (Wildman–Crippen MR) is 140 cm³/mol. The molecule has 0 radical (unpaired) electrons. The second-order valence-corrected chi connectivity index (χ2v) is 10.7. The molecule has 0 saturated carbocycles. The number of pyridine rings is 1. The molecule has 0 aliphatic heterocycles. The topological polar surface area (TPSA) is 96.2 Å². The number of aromatic nitrogens is 5. The molecule has 0 aliphatic carbocycles. The molecule has 1 N–H and O–H groups in total. The van der Waals surface area contributed by atoms with Crippen molar-refractivity contribution in [3.05, 3.63) is 91.5 Å².